The highest BCUT2D eigenvalue weighted by molar-refractivity contribution is 5.95. The largest absolute Gasteiger partial charge is 0.295 e. The van der Waals surface area contributed by atoms with Gasteiger partial charge in [-0.2, -0.15) is 0 Å². The summed E-state index contributed by atoms with van der Waals surface area (Å²) in [4.78, 5) is 11.9. The maximum Gasteiger partial charge on any atom is 0.158 e. The SMILES string of the molecule is CCCCC/C(C)=C(\CCC)C(=O)CCC. The molecule has 0 rings (SSSR count). The van der Waals surface area contributed by atoms with Crippen molar-refractivity contribution in [2.45, 2.75) is 79.1 Å². The summed E-state index contributed by atoms with van der Waals surface area (Å²) in [5.41, 5.74) is 2.47. The number of carbonyl (C=O) groups is 1. The molecule has 0 saturated carbocycles. The number of hydrogen-bond acceptors (Lipinski definition) is 1. The molecule has 0 aliphatic rings. The molecular formula is C15H28O. The molecule has 0 N–H and O–H groups in total. The van der Waals surface area contributed by atoms with E-state index in [1.165, 1.54) is 24.8 Å². The Kier molecular flexibility index (Phi) is 9.27. The molecule has 0 aliphatic carbocycles. The second-order valence-corrected chi connectivity index (χ2v) is 4.64. The summed E-state index contributed by atoms with van der Waals surface area (Å²) in [6.07, 6.45) is 8.60. The maximum absolute atomic E-state index is 11.9. The monoisotopic (exact) mass is 224 g/mol. The summed E-state index contributed by atoms with van der Waals surface area (Å²) in [6.45, 7) is 8.59. The first-order valence-corrected chi connectivity index (χ1v) is 6.89. The third-order valence-corrected chi connectivity index (χ3v) is 2.98. The van der Waals surface area contributed by atoms with Gasteiger partial charge in [-0.1, -0.05) is 45.6 Å². The average molecular weight is 224 g/mol. The number of allylic oxidation sites excluding steroid dienone is 2. The van der Waals surface area contributed by atoms with E-state index in [1.807, 2.05) is 0 Å². The minimum atomic E-state index is 0.387. The molecule has 0 fully saturated rings. The lowest BCUT2D eigenvalue weighted by atomic mass is 9.94. The molecule has 0 unspecified atom stereocenters. The molecule has 1 nitrogen and oxygen atoms in total. The van der Waals surface area contributed by atoms with Crippen molar-refractivity contribution < 1.29 is 4.79 Å². The molecule has 0 aromatic carbocycles. The van der Waals surface area contributed by atoms with Crippen LogP contribution in [0.1, 0.15) is 79.1 Å². The maximum atomic E-state index is 11.9. The number of Topliss-reactive ketones (excluding diaryl/α,β-unsaturated/α-hetero) is 1. The highest BCUT2D eigenvalue weighted by Crippen LogP contribution is 2.19. The van der Waals surface area contributed by atoms with Crippen molar-refractivity contribution in [3.8, 4) is 0 Å². The zero-order chi connectivity index (χ0) is 12.4. The van der Waals surface area contributed by atoms with Crippen LogP contribution in [0.15, 0.2) is 11.1 Å². The Morgan fingerprint density at radius 1 is 0.812 bits per heavy atom. The molecule has 16 heavy (non-hydrogen) atoms. The van der Waals surface area contributed by atoms with Crippen LogP contribution in [-0.2, 0) is 4.79 Å². The van der Waals surface area contributed by atoms with Gasteiger partial charge in [0.15, 0.2) is 5.78 Å². The van der Waals surface area contributed by atoms with Crippen LogP contribution >= 0.6 is 0 Å². The average Bonchev–Trinajstić information content (AvgIpc) is 2.26. The first-order valence-electron chi connectivity index (χ1n) is 6.89. The van der Waals surface area contributed by atoms with Crippen molar-refractivity contribution >= 4 is 5.78 Å². The van der Waals surface area contributed by atoms with Gasteiger partial charge in [0.05, 0.1) is 0 Å². The number of carbonyl (C=O) groups excluding carboxylic acids is 1. The van der Waals surface area contributed by atoms with Crippen molar-refractivity contribution in [1.29, 1.82) is 0 Å². The van der Waals surface area contributed by atoms with E-state index in [0.29, 0.717) is 5.78 Å². The molecule has 1 heteroatoms. The third-order valence-electron chi connectivity index (χ3n) is 2.98. The van der Waals surface area contributed by atoms with E-state index in [2.05, 4.69) is 27.7 Å². The predicted molar refractivity (Wildman–Crippen MR) is 71.7 cm³/mol. The zero-order valence-electron chi connectivity index (χ0n) is 11.6. The fraction of sp³-hybridized carbons (Fsp3) is 0.800. The molecule has 0 spiro atoms. The quantitative estimate of drug-likeness (QED) is 0.395. The number of rotatable bonds is 9. The number of hydrogen-bond donors (Lipinski definition) is 0. The van der Waals surface area contributed by atoms with Gasteiger partial charge in [-0.25, -0.2) is 0 Å². The molecular weight excluding hydrogens is 196 g/mol. The van der Waals surface area contributed by atoms with Crippen molar-refractivity contribution in [2.24, 2.45) is 0 Å². The van der Waals surface area contributed by atoms with Gasteiger partial charge in [-0.15, -0.1) is 0 Å². The van der Waals surface area contributed by atoms with E-state index in [9.17, 15) is 4.79 Å². The van der Waals surface area contributed by atoms with Crippen molar-refractivity contribution in [2.75, 3.05) is 0 Å². The molecule has 0 saturated heterocycles. The molecule has 0 bridgehead atoms. The van der Waals surface area contributed by atoms with Gasteiger partial charge < -0.3 is 0 Å². The Hall–Kier alpha value is -0.590. The Morgan fingerprint density at radius 3 is 1.94 bits per heavy atom. The molecule has 0 atom stereocenters. The van der Waals surface area contributed by atoms with Crippen LogP contribution in [-0.4, -0.2) is 5.78 Å². The van der Waals surface area contributed by atoms with Gasteiger partial charge in [0.25, 0.3) is 0 Å². The summed E-state index contributed by atoms with van der Waals surface area (Å²) >= 11 is 0. The molecule has 0 aromatic heterocycles. The normalized spacial score (nSPS) is 12.5. The highest BCUT2D eigenvalue weighted by atomic mass is 16.1. The van der Waals surface area contributed by atoms with Crippen LogP contribution in [0.4, 0.5) is 0 Å². The Bertz CT molecular complexity index is 226. The summed E-state index contributed by atoms with van der Waals surface area (Å²) in [5, 5.41) is 0. The van der Waals surface area contributed by atoms with E-state index in [4.69, 9.17) is 0 Å². The lowest BCUT2D eigenvalue weighted by Crippen LogP contribution is -2.05. The second kappa shape index (κ2) is 9.62. The minimum Gasteiger partial charge on any atom is -0.295 e. The van der Waals surface area contributed by atoms with Gasteiger partial charge >= 0.3 is 0 Å². The number of ketones is 1. The van der Waals surface area contributed by atoms with Gasteiger partial charge in [0.1, 0.15) is 0 Å². The Labute approximate surface area is 101 Å². The van der Waals surface area contributed by atoms with Gasteiger partial charge in [-0.05, 0) is 38.2 Å². The second-order valence-electron chi connectivity index (χ2n) is 4.64. The van der Waals surface area contributed by atoms with E-state index in [0.717, 1.165) is 37.7 Å². The predicted octanol–water partition coefficient (Wildman–Crippen LogP) is 5.05. The van der Waals surface area contributed by atoms with E-state index in [1.54, 1.807) is 0 Å². The highest BCUT2D eigenvalue weighted by Gasteiger charge is 2.10. The standard InChI is InChI=1S/C15H28O/c1-5-8-9-12-13(4)14(10-6-2)15(16)11-7-3/h5-12H2,1-4H3/b14-13+. The molecule has 94 valence electrons. The van der Waals surface area contributed by atoms with E-state index >= 15 is 0 Å². The topological polar surface area (TPSA) is 17.1 Å². The molecule has 0 aromatic rings. The van der Waals surface area contributed by atoms with Crippen LogP contribution in [0, 0.1) is 0 Å². The van der Waals surface area contributed by atoms with Crippen LogP contribution in [0.2, 0.25) is 0 Å². The fourth-order valence-corrected chi connectivity index (χ4v) is 2.01. The summed E-state index contributed by atoms with van der Waals surface area (Å²) < 4.78 is 0. The van der Waals surface area contributed by atoms with Crippen LogP contribution < -0.4 is 0 Å². The summed E-state index contributed by atoms with van der Waals surface area (Å²) in [7, 11) is 0. The first kappa shape index (κ1) is 15.4. The van der Waals surface area contributed by atoms with Crippen molar-refractivity contribution in [3.05, 3.63) is 11.1 Å². The zero-order valence-corrected chi connectivity index (χ0v) is 11.6. The van der Waals surface area contributed by atoms with Crippen LogP contribution in [0.5, 0.6) is 0 Å². The van der Waals surface area contributed by atoms with Crippen LogP contribution in [0.25, 0.3) is 0 Å². The van der Waals surface area contributed by atoms with Crippen LogP contribution in [0.3, 0.4) is 0 Å². The molecule has 0 heterocycles. The fourth-order valence-electron chi connectivity index (χ4n) is 2.01. The minimum absolute atomic E-state index is 0.387. The molecule has 0 amide bonds. The van der Waals surface area contributed by atoms with E-state index in [-0.39, 0.29) is 0 Å². The lowest BCUT2D eigenvalue weighted by molar-refractivity contribution is -0.115. The Balaban J connectivity index is 4.44. The van der Waals surface area contributed by atoms with Gasteiger partial charge in [0, 0.05) is 6.42 Å². The van der Waals surface area contributed by atoms with Gasteiger partial charge in [-0.3, -0.25) is 4.79 Å². The summed E-state index contributed by atoms with van der Waals surface area (Å²) in [6, 6.07) is 0. The smallest absolute Gasteiger partial charge is 0.158 e. The molecule has 0 aliphatic heterocycles. The third kappa shape index (κ3) is 6.09. The molecule has 0 radical (unpaired) electrons. The van der Waals surface area contributed by atoms with Crippen molar-refractivity contribution in [3.63, 3.8) is 0 Å². The summed E-state index contributed by atoms with van der Waals surface area (Å²) in [5.74, 6) is 0.387. The first-order chi connectivity index (χ1) is 7.67. The Morgan fingerprint density at radius 2 is 1.44 bits per heavy atom. The van der Waals surface area contributed by atoms with E-state index < -0.39 is 0 Å². The number of unbranched alkanes of at least 4 members (excludes halogenated alkanes) is 2. The van der Waals surface area contributed by atoms with Crippen molar-refractivity contribution in [1.82, 2.24) is 0 Å². The van der Waals surface area contributed by atoms with Gasteiger partial charge in [0.2, 0.25) is 0 Å². The lowest BCUT2D eigenvalue weighted by Gasteiger charge is -2.10.